The molecule has 10 heteroatoms. The Labute approximate surface area is 182 Å². The maximum atomic E-state index is 12.6. The molecule has 5 rings (SSSR count). The third-order valence-electron chi connectivity index (χ3n) is 5.19. The van der Waals surface area contributed by atoms with Crippen LogP contribution in [0.4, 0.5) is 8.78 Å². The van der Waals surface area contributed by atoms with Gasteiger partial charge in [0.05, 0.1) is 32.0 Å². The minimum Gasteiger partial charge on any atom is -0.415 e. The normalized spacial score (nSPS) is 14.1. The predicted octanol–water partition coefficient (Wildman–Crippen LogP) is 3.47. The van der Waals surface area contributed by atoms with E-state index >= 15 is 0 Å². The van der Waals surface area contributed by atoms with Crippen molar-refractivity contribution in [2.45, 2.75) is 25.6 Å². The molecule has 1 N–H and O–H groups in total. The Morgan fingerprint density at radius 3 is 2.31 bits per heavy atom. The lowest BCUT2D eigenvalue weighted by atomic mass is 10.1. The number of aromatic nitrogens is 5. The maximum absolute atomic E-state index is 12.6. The number of benzene rings is 2. The fraction of sp³-hybridized carbons (Fsp3) is 0.273. The van der Waals surface area contributed by atoms with Gasteiger partial charge in [0.25, 0.3) is 5.89 Å². The molecule has 0 spiro atoms. The van der Waals surface area contributed by atoms with Crippen molar-refractivity contribution in [3.8, 4) is 22.7 Å². The van der Waals surface area contributed by atoms with Gasteiger partial charge in [-0.3, -0.25) is 0 Å². The number of rotatable bonds is 8. The molecule has 0 aliphatic carbocycles. The molecule has 0 amide bonds. The van der Waals surface area contributed by atoms with E-state index in [0.717, 1.165) is 36.6 Å². The third kappa shape index (κ3) is 4.56. The summed E-state index contributed by atoms with van der Waals surface area (Å²) < 4.78 is 37.1. The molecule has 1 saturated heterocycles. The minimum atomic E-state index is -2.78. The molecule has 0 unspecified atom stereocenters. The lowest BCUT2D eigenvalue weighted by molar-refractivity contribution is -0.00578. The van der Waals surface area contributed by atoms with Gasteiger partial charge in [-0.25, -0.2) is 4.68 Å². The molecule has 2 aromatic carbocycles. The van der Waals surface area contributed by atoms with Crippen molar-refractivity contribution in [1.29, 1.82) is 0 Å². The highest BCUT2D eigenvalue weighted by Gasteiger charge is 2.18. The Hall–Kier alpha value is -3.50. The number of nitrogens with zero attached hydrogens (tertiary/aromatic N) is 5. The molecule has 164 valence electrons. The van der Waals surface area contributed by atoms with Crippen LogP contribution in [0.2, 0.25) is 0 Å². The highest BCUT2D eigenvalue weighted by molar-refractivity contribution is 5.58. The second kappa shape index (κ2) is 8.93. The summed E-state index contributed by atoms with van der Waals surface area (Å²) in [6.45, 7) is 2.88. The molecule has 2 aromatic heterocycles. The van der Waals surface area contributed by atoms with Gasteiger partial charge in [-0.1, -0.05) is 41.6 Å². The summed E-state index contributed by atoms with van der Waals surface area (Å²) in [4.78, 5) is 0. The van der Waals surface area contributed by atoms with Gasteiger partial charge in [0.1, 0.15) is 5.69 Å². The lowest BCUT2D eigenvalue weighted by Crippen LogP contribution is -2.45. The Morgan fingerprint density at radius 2 is 1.66 bits per heavy atom. The van der Waals surface area contributed by atoms with Crippen LogP contribution < -0.4 is 5.32 Å². The molecule has 1 aliphatic rings. The van der Waals surface area contributed by atoms with E-state index in [1.165, 1.54) is 5.56 Å². The number of hydrogen-bond donors (Lipinski definition) is 1. The van der Waals surface area contributed by atoms with Crippen molar-refractivity contribution in [1.82, 2.24) is 30.5 Å². The van der Waals surface area contributed by atoms with Gasteiger partial charge < -0.3 is 14.5 Å². The Morgan fingerprint density at radius 1 is 0.938 bits per heavy atom. The Kier molecular flexibility index (Phi) is 5.70. The van der Waals surface area contributed by atoms with Gasteiger partial charge in [0.15, 0.2) is 0 Å². The molecule has 0 bridgehead atoms. The van der Waals surface area contributed by atoms with E-state index in [0.29, 0.717) is 18.2 Å². The maximum Gasteiger partial charge on any atom is 0.314 e. The van der Waals surface area contributed by atoms with Crippen molar-refractivity contribution >= 4 is 0 Å². The fourth-order valence-electron chi connectivity index (χ4n) is 3.30. The van der Waals surface area contributed by atoms with Crippen LogP contribution in [0.3, 0.4) is 0 Å². The first-order valence-corrected chi connectivity index (χ1v) is 10.2. The second-order valence-corrected chi connectivity index (χ2v) is 7.56. The smallest absolute Gasteiger partial charge is 0.314 e. The van der Waals surface area contributed by atoms with Crippen LogP contribution in [0.25, 0.3) is 22.7 Å². The van der Waals surface area contributed by atoms with Crippen LogP contribution >= 0.6 is 0 Å². The third-order valence-corrected chi connectivity index (χ3v) is 5.19. The Balaban J connectivity index is 1.21. The van der Waals surface area contributed by atoms with Gasteiger partial charge in [-0.15, -0.1) is 15.3 Å². The van der Waals surface area contributed by atoms with E-state index < -0.39 is 12.3 Å². The standard InChI is InChI=1S/C22H20F2N6O2/c23-20(24)22-28-27-21(32-22)17-7-3-15(4-8-17)10-30-11-19(26-29-30)16-5-1-14(2-6-16)9-25-18-12-31-13-18/h1-8,11,18,20,25H,9-10,12-13H2. The molecular formula is C22H20F2N6O2. The summed E-state index contributed by atoms with van der Waals surface area (Å²) in [5.41, 5.74) is 4.54. The van der Waals surface area contributed by atoms with Gasteiger partial charge >= 0.3 is 6.43 Å². The largest absolute Gasteiger partial charge is 0.415 e. The molecule has 0 saturated carbocycles. The first-order valence-electron chi connectivity index (χ1n) is 10.2. The molecule has 1 aliphatic heterocycles. The van der Waals surface area contributed by atoms with E-state index in [4.69, 9.17) is 9.15 Å². The summed E-state index contributed by atoms with van der Waals surface area (Å²) in [6, 6.07) is 15.9. The number of hydrogen-bond acceptors (Lipinski definition) is 7. The molecule has 4 aromatic rings. The second-order valence-electron chi connectivity index (χ2n) is 7.56. The Bertz CT molecular complexity index is 1170. The molecule has 0 radical (unpaired) electrons. The van der Waals surface area contributed by atoms with Gasteiger partial charge in [0, 0.05) is 17.7 Å². The lowest BCUT2D eigenvalue weighted by Gasteiger charge is -2.27. The summed E-state index contributed by atoms with van der Waals surface area (Å²) >= 11 is 0. The first-order chi connectivity index (χ1) is 15.6. The zero-order valence-corrected chi connectivity index (χ0v) is 17.0. The number of nitrogens with one attached hydrogen (secondary N) is 1. The zero-order chi connectivity index (χ0) is 21.9. The average Bonchev–Trinajstić information content (AvgIpc) is 3.44. The van der Waals surface area contributed by atoms with Crippen molar-refractivity contribution in [3.05, 3.63) is 71.7 Å². The van der Waals surface area contributed by atoms with E-state index in [1.54, 1.807) is 16.8 Å². The van der Waals surface area contributed by atoms with Gasteiger partial charge in [-0.2, -0.15) is 8.78 Å². The van der Waals surface area contributed by atoms with Crippen molar-refractivity contribution in [2.24, 2.45) is 0 Å². The summed E-state index contributed by atoms with van der Waals surface area (Å²) in [6.07, 6.45) is -0.896. The van der Waals surface area contributed by atoms with Crippen molar-refractivity contribution in [2.75, 3.05) is 13.2 Å². The average molecular weight is 438 g/mol. The van der Waals surface area contributed by atoms with Crippen molar-refractivity contribution in [3.63, 3.8) is 0 Å². The topological polar surface area (TPSA) is 90.9 Å². The first kappa shape index (κ1) is 20.4. The van der Waals surface area contributed by atoms with Crippen LogP contribution in [0.1, 0.15) is 23.4 Å². The van der Waals surface area contributed by atoms with E-state index in [-0.39, 0.29) is 5.89 Å². The fourth-order valence-corrected chi connectivity index (χ4v) is 3.30. The molecule has 1 fully saturated rings. The van der Waals surface area contributed by atoms with E-state index in [1.807, 2.05) is 30.5 Å². The summed E-state index contributed by atoms with van der Waals surface area (Å²) in [7, 11) is 0. The van der Waals surface area contributed by atoms with Gasteiger partial charge in [-0.05, 0) is 23.3 Å². The number of ether oxygens (including phenoxy) is 1. The molecule has 32 heavy (non-hydrogen) atoms. The van der Waals surface area contributed by atoms with E-state index in [9.17, 15) is 8.78 Å². The van der Waals surface area contributed by atoms with Crippen LogP contribution in [-0.4, -0.2) is 44.4 Å². The van der Waals surface area contributed by atoms with Crippen molar-refractivity contribution < 1.29 is 17.9 Å². The SMILES string of the molecule is FC(F)c1nnc(-c2ccc(Cn3cc(-c4ccc(CNC5COC5)cc4)nn3)cc2)o1. The molecule has 0 atom stereocenters. The minimum absolute atomic E-state index is 0.0644. The molecule has 3 heterocycles. The zero-order valence-electron chi connectivity index (χ0n) is 17.0. The quantitative estimate of drug-likeness (QED) is 0.450. The van der Waals surface area contributed by atoms with Crippen LogP contribution in [-0.2, 0) is 17.8 Å². The number of alkyl halides is 2. The van der Waals surface area contributed by atoms with Crippen LogP contribution in [0.5, 0.6) is 0 Å². The predicted molar refractivity (Wildman–Crippen MR) is 111 cm³/mol. The van der Waals surface area contributed by atoms with Crippen LogP contribution in [0.15, 0.2) is 59.1 Å². The van der Waals surface area contributed by atoms with Crippen LogP contribution in [0, 0.1) is 0 Å². The summed E-state index contributed by atoms with van der Waals surface area (Å²) in [5.74, 6) is -0.619. The molecular weight excluding hydrogens is 418 g/mol. The van der Waals surface area contributed by atoms with E-state index in [2.05, 4.69) is 38.0 Å². The van der Waals surface area contributed by atoms with Gasteiger partial charge in [0.2, 0.25) is 5.89 Å². The highest BCUT2D eigenvalue weighted by Crippen LogP contribution is 2.24. The molecule has 8 nitrogen and oxygen atoms in total. The number of halogens is 2. The summed E-state index contributed by atoms with van der Waals surface area (Å²) in [5, 5.41) is 18.9. The monoisotopic (exact) mass is 438 g/mol. The highest BCUT2D eigenvalue weighted by atomic mass is 19.3.